The number of carbonyl (C=O) groups is 2. The number of rotatable bonds is 6. The number of primary amides is 1. The summed E-state index contributed by atoms with van der Waals surface area (Å²) in [6.45, 7) is 3.95. The minimum atomic E-state index is -0.240. The van der Waals surface area contributed by atoms with Gasteiger partial charge in [0.1, 0.15) is 0 Å². The molecule has 7 heteroatoms. The molecule has 2 fully saturated rings. The molecule has 2 aliphatic heterocycles. The lowest BCUT2D eigenvalue weighted by molar-refractivity contribution is -0.140. The van der Waals surface area contributed by atoms with Crippen molar-refractivity contribution < 1.29 is 19.1 Å². The lowest BCUT2D eigenvalue weighted by Crippen LogP contribution is -2.46. The molecule has 0 radical (unpaired) electrons. The van der Waals surface area contributed by atoms with Crippen LogP contribution >= 0.6 is 0 Å². The highest BCUT2D eigenvalue weighted by atomic mass is 16.5. The first-order valence-corrected chi connectivity index (χ1v) is 10.0. The van der Waals surface area contributed by atoms with Crippen molar-refractivity contribution in [3.05, 3.63) is 23.8 Å². The number of hydrogen-bond acceptors (Lipinski definition) is 5. The topological polar surface area (TPSA) is 85.1 Å². The Kier molecular flexibility index (Phi) is 6.78. The van der Waals surface area contributed by atoms with E-state index in [1.807, 2.05) is 17.0 Å². The average molecular weight is 389 g/mol. The summed E-state index contributed by atoms with van der Waals surface area (Å²) in [7, 11) is 3.28. The molecule has 2 N–H and O–H groups in total. The minimum absolute atomic E-state index is 0.0765. The molecule has 2 aliphatic rings. The first-order chi connectivity index (χ1) is 13.5. The molecule has 28 heavy (non-hydrogen) atoms. The molecule has 0 bridgehead atoms. The average Bonchev–Trinajstić information content (AvgIpc) is 2.73. The molecule has 2 amide bonds. The molecule has 0 saturated carbocycles. The maximum atomic E-state index is 12.8. The summed E-state index contributed by atoms with van der Waals surface area (Å²) in [6.07, 6.45) is 3.14. The Morgan fingerprint density at radius 1 is 0.964 bits per heavy atom. The predicted octanol–water partition coefficient (Wildman–Crippen LogP) is 1.64. The maximum absolute atomic E-state index is 12.8. The van der Waals surface area contributed by atoms with Crippen LogP contribution in [0.3, 0.4) is 0 Å². The molecule has 0 unspecified atom stereocenters. The van der Waals surface area contributed by atoms with Gasteiger partial charge < -0.3 is 20.1 Å². The Bertz CT molecular complexity index is 693. The number of piperidine rings is 2. The van der Waals surface area contributed by atoms with Crippen molar-refractivity contribution in [1.29, 1.82) is 0 Å². The SMILES string of the molecule is COc1ccc(CN2CCC(C(=O)N3CCC(C(N)=O)CC3)CC2)cc1OC. The van der Waals surface area contributed by atoms with Crippen molar-refractivity contribution >= 4 is 11.8 Å². The fourth-order valence-corrected chi connectivity index (χ4v) is 4.22. The number of nitrogens with zero attached hydrogens (tertiary/aromatic N) is 2. The van der Waals surface area contributed by atoms with Gasteiger partial charge in [-0.05, 0) is 56.5 Å². The van der Waals surface area contributed by atoms with Crippen molar-refractivity contribution in [3.63, 3.8) is 0 Å². The van der Waals surface area contributed by atoms with Crippen molar-refractivity contribution in [2.75, 3.05) is 40.4 Å². The molecule has 154 valence electrons. The Labute approximate surface area is 166 Å². The second kappa shape index (κ2) is 9.28. The van der Waals surface area contributed by atoms with E-state index in [0.717, 1.165) is 44.0 Å². The second-order valence-electron chi connectivity index (χ2n) is 7.74. The summed E-state index contributed by atoms with van der Waals surface area (Å²) >= 11 is 0. The molecule has 1 aromatic rings. The van der Waals surface area contributed by atoms with Crippen molar-refractivity contribution in [2.45, 2.75) is 32.2 Å². The lowest BCUT2D eigenvalue weighted by atomic mass is 9.91. The maximum Gasteiger partial charge on any atom is 0.225 e. The van der Waals surface area contributed by atoms with E-state index in [1.54, 1.807) is 14.2 Å². The van der Waals surface area contributed by atoms with Gasteiger partial charge in [0.15, 0.2) is 11.5 Å². The molecule has 0 aromatic heterocycles. The molecule has 3 rings (SSSR count). The highest BCUT2D eigenvalue weighted by Crippen LogP contribution is 2.29. The van der Waals surface area contributed by atoms with Crippen molar-refractivity contribution in [1.82, 2.24) is 9.80 Å². The molecule has 0 aliphatic carbocycles. The van der Waals surface area contributed by atoms with Gasteiger partial charge in [0, 0.05) is 31.5 Å². The molecule has 1 aromatic carbocycles. The van der Waals surface area contributed by atoms with E-state index in [1.165, 1.54) is 5.56 Å². The van der Waals surface area contributed by atoms with Crippen LogP contribution in [0.5, 0.6) is 11.5 Å². The van der Waals surface area contributed by atoms with Gasteiger partial charge in [-0.25, -0.2) is 0 Å². The largest absolute Gasteiger partial charge is 0.493 e. The second-order valence-corrected chi connectivity index (χ2v) is 7.74. The quantitative estimate of drug-likeness (QED) is 0.799. The molecule has 0 spiro atoms. The molecule has 0 atom stereocenters. The van der Waals surface area contributed by atoms with Gasteiger partial charge in [-0.3, -0.25) is 14.5 Å². The smallest absolute Gasteiger partial charge is 0.225 e. The van der Waals surface area contributed by atoms with E-state index in [2.05, 4.69) is 11.0 Å². The van der Waals surface area contributed by atoms with E-state index in [4.69, 9.17) is 15.2 Å². The number of hydrogen-bond donors (Lipinski definition) is 1. The van der Waals surface area contributed by atoms with Crippen LogP contribution in [0.1, 0.15) is 31.2 Å². The monoisotopic (exact) mass is 389 g/mol. The van der Waals surface area contributed by atoms with Crippen LogP contribution in [-0.2, 0) is 16.1 Å². The molecular formula is C21H31N3O4. The zero-order chi connectivity index (χ0) is 20.1. The summed E-state index contributed by atoms with van der Waals surface area (Å²) in [4.78, 5) is 28.4. The van der Waals surface area contributed by atoms with E-state index < -0.39 is 0 Å². The van der Waals surface area contributed by atoms with Gasteiger partial charge in [-0.15, -0.1) is 0 Å². The zero-order valence-electron chi connectivity index (χ0n) is 16.9. The van der Waals surface area contributed by atoms with Crippen LogP contribution in [0.2, 0.25) is 0 Å². The third kappa shape index (κ3) is 4.76. The van der Waals surface area contributed by atoms with Crippen LogP contribution in [0, 0.1) is 11.8 Å². The third-order valence-electron chi connectivity index (χ3n) is 6.00. The highest BCUT2D eigenvalue weighted by molar-refractivity contribution is 5.80. The Hall–Kier alpha value is -2.28. The van der Waals surface area contributed by atoms with E-state index in [-0.39, 0.29) is 23.7 Å². The van der Waals surface area contributed by atoms with Gasteiger partial charge in [0.2, 0.25) is 11.8 Å². The number of benzene rings is 1. The molecule has 2 heterocycles. The normalized spacial score (nSPS) is 19.4. The van der Waals surface area contributed by atoms with Gasteiger partial charge in [0.25, 0.3) is 0 Å². The number of likely N-dealkylation sites (tertiary alicyclic amines) is 2. The molecule has 2 saturated heterocycles. The summed E-state index contributed by atoms with van der Waals surface area (Å²) in [5.41, 5.74) is 6.56. The van der Waals surface area contributed by atoms with Crippen LogP contribution in [0.25, 0.3) is 0 Å². The number of amides is 2. The van der Waals surface area contributed by atoms with Gasteiger partial charge in [-0.1, -0.05) is 6.07 Å². The van der Waals surface area contributed by atoms with Crippen molar-refractivity contribution in [3.8, 4) is 11.5 Å². The highest BCUT2D eigenvalue weighted by Gasteiger charge is 2.32. The zero-order valence-corrected chi connectivity index (χ0v) is 16.9. The Balaban J connectivity index is 1.48. The van der Waals surface area contributed by atoms with Crippen LogP contribution in [0.15, 0.2) is 18.2 Å². The predicted molar refractivity (Wildman–Crippen MR) is 106 cm³/mol. The fourth-order valence-electron chi connectivity index (χ4n) is 4.22. The summed E-state index contributed by atoms with van der Waals surface area (Å²) < 4.78 is 10.7. The van der Waals surface area contributed by atoms with E-state index >= 15 is 0 Å². The lowest BCUT2D eigenvalue weighted by Gasteiger charge is -2.36. The van der Waals surface area contributed by atoms with Gasteiger partial charge in [-0.2, -0.15) is 0 Å². The molecular weight excluding hydrogens is 358 g/mol. The Morgan fingerprint density at radius 2 is 1.57 bits per heavy atom. The van der Waals surface area contributed by atoms with Crippen LogP contribution < -0.4 is 15.2 Å². The van der Waals surface area contributed by atoms with Gasteiger partial charge in [0.05, 0.1) is 14.2 Å². The number of ether oxygens (including phenoxy) is 2. The molecule has 7 nitrogen and oxygen atoms in total. The number of nitrogens with two attached hydrogens (primary N) is 1. The first-order valence-electron chi connectivity index (χ1n) is 10.0. The Morgan fingerprint density at radius 3 is 2.14 bits per heavy atom. The summed E-state index contributed by atoms with van der Waals surface area (Å²) in [6, 6.07) is 6.00. The van der Waals surface area contributed by atoms with Crippen molar-refractivity contribution in [2.24, 2.45) is 17.6 Å². The number of carbonyl (C=O) groups excluding carboxylic acids is 2. The standard InChI is InChI=1S/C21H31N3O4/c1-27-18-4-3-15(13-19(18)28-2)14-23-9-5-17(6-10-23)21(26)24-11-7-16(8-12-24)20(22)25/h3-4,13,16-17H,5-12,14H2,1-2H3,(H2,22,25). The first kappa shape index (κ1) is 20.5. The number of methoxy groups -OCH3 is 2. The minimum Gasteiger partial charge on any atom is -0.493 e. The van der Waals surface area contributed by atoms with Gasteiger partial charge >= 0.3 is 0 Å². The van der Waals surface area contributed by atoms with Crippen LogP contribution in [-0.4, -0.2) is 62.0 Å². The summed E-state index contributed by atoms with van der Waals surface area (Å²) in [5.74, 6) is 1.49. The van der Waals surface area contributed by atoms with E-state index in [9.17, 15) is 9.59 Å². The third-order valence-corrected chi connectivity index (χ3v) is 6.00. The summed E-state index contributed by atoms with van der Waals surface area (Å²) in [5, 5.41) is 0. The fraction of sp³-hybridized carbons (Fsp3) is 0.619. The van der Waals surface area contributed by atoms with Crippen LogP contribution in [0.4, 0.5) is 0 Å². The van der Waals surface area contributed by atoms with E-state index in [0.29, 0.717) is 25.9 Å².